The molecule has 0 unspecified atom stereocenters. The normalized spacial score (nSPS) is 10.1. The molecule has 2 amide bonds. The summed E-state index contributed by atoms with van der Waals surface area (Å²) >= 11 is 0. The fourth-order valence-corrected chi connectivity index (χ4v) is 1.85. The third-order valence-electron chi connectivity index (χ3n) is 2.93. The third-order valence-corrected chi connectivity index (χ3v) is 2.93. The monoisotopic (exact) mass is 270 g/mol. The number of rotatable bonds is 4. The molecule has 0 aliphatic carbocycles. The van der Waals surface area contributed by atoms with Gasteiger partial charge in [0, 0.05) is 36.9 Å². The summed E-state index contributed by atoms with van der Waals surface area (Å²) in [7, 11) is 0. The Hall–Kier alpha value is -2.56. The van der Waals surface area contributed by atoms with E-state index in [9.17, 15) is 4.79 Å². The van der Waals surface area contributed by atoms with Crippen molar-refractivity contribution >= 4 is 17.4 Å². The lowest BCUT2D eigenvalue weighted by Gasteiger charge is -2.21. The first-order valence-corrected chi connectivity index (χ1v) is 6.49. The molecule has 20 heavy (non-hydrogen) atoms. The maximum atomic E-state index is 12.2. The van der Waals surface area contributed by atoms with E-state index in [1.54, 1.807) is 29.4 Å². The van der Waals surface area contributed by atoms with Crippen LogP contribution in [-0.4, -0.2) is 22.5 Å². The number of nitrogens with one attached hydrogen (secondary N) is 1. The minimum Gasteiger partial charge on any atom is -0.399 e. The fraction of sp³-hybridized carbons (Fsp3) is 0.200. The molecule has 0 aliphatic rings. The third kappa shape index (κ3) is 3.71. The molecule has 0 saturated carbocycles. The number of carbonyl (C=O) groups excluding carboxylic acids is 1. The smallest absolute Gasteiger partial charge is 0.322 e. The number of pyridine rings is 1. The summed E-state index contributed by atoms with van der Waals surface area (Å²) in [6, 6.07) is 10.8. The first-order valence-electron chi connectivity index (χ1n) is 6.49. The lowest BCUT2D eigenvalue weighted by molar-refractivity contribution is 0.212. The minimum absolute atomic E-state index is 0.144. The van der Waals surface area contributed by atoms with Gasteiger partial charge in [0.15, 0.2) is 0 Å². The van der Waals surface area contributed by atoms with Gasteiger partial charge < -0.3 is 16.0 Å². The number of carbonyl (C=O) groups is 1. The van der Waals surface area contributed by atoms with E-state index in [1.165, 1.54) is 0 Å². The van der Waals surface area contributed by atoms with Gasteiger partial charge in [0.1, 0.15) is 0 Å². The van der Waals surface area contributed by atoms with Gasteiger partial charge in [-0.2, -0.15) is 0 Å². The van der Waals surface area contributed by atoms with Gasteiger partial charge in [-0.05, 0) is 42.8 Å². The van der Waals surface area contributed by atoms with Crippen molar-refractivity contribution in [3.63, 3.8) is 0 Å². The van der Waals surface area contributed by atoms with E-state index in [1.807, 2.05) is 31.2 Å². The van der Waals surface area contributed by atoms with Crippen molar-refractivity contribution in [2.75, 3.05) is 17.6 Å². The van der Waals surface area contributed by atoms with Gasteiger partial charge in [-0.15, -0.1) is 0 Å². The van der Waals surface area contributed by atoms with Crippen molar-refractivity contribution in [3.8, 4) is 0 Å². The molecule has 0 spiro atoms. The van der Waals surface area contributed by atoms with Gasteiger partial charge in [-0.25, -0.2) is 4.79 Å². The van der Waals surface area contributed by atoms with Gasteiger partial charge in [-0.3, -0.25) is 4.98 Å². The van der Waals surface area contributed by atoms with E-state index < -0.39 is 0 Å². The highest BCUT2D eigenvalue weighted by molar-refractivity contribution is 5.89. The van der Waals surface area contributed by atoms with Crippen LogP contribution in [0, 0.1) is 0 Å². The molecule has 0 fully saturated rings. The lowest BCUT2D eigenvalue weighted by Crippen LogP contribution is -2.34. The average molecular weight is 270 g/mol. The van der Waals surface area contributed by atoms with E-state index in [2.05, 4.69) is 10.3 Å². The second-order valence-corrected chi connectivity index (χ2v) is 4.43. The number of anilines is 2. The van der Waals surface area contributed by atoms with Gasteiger partial charge in [0.05, 0.1) is 0 Å². The SMILES string of the molecule is CCN(Cc1ccncc1)C(=O)Nc1cccc(N)c1. The molecule has 0 atom stereocenters. The maximum absolute atomic E-state index is 12.2. The summed E-state index contributed by atoms with van der Waals surface area (Å²) in [5, 5.41) is 2.85. The zero-order chi connectivity index (χ0) is 14.4. The Balaban J connectivity index is 2.02. The predicted molar refractivity (Wildman–Crippen MR) is 80.2 cm³/mol. The van der Waals surface area contributed by atoms with Gasteiger partial charge in [0.25, 0.3) is 0 Å². The molecule has 0 radical (unpaired) electrons. The Morgan fingerprint density at radius 3 is 2.70 bits per heavy atom. The van der Waals surface area contributed by atoms with Crippen molar-refractivity contribution in [1.29, 1.82) is 0 Å². The number of nitrogens with two attached hydrogens (primary N) is 1. The van der Waals surface area contributed by atoms with Crippen LogP contribution in [0.2, 0.25) is 0 Å². The standard InChI is InChI=1S/C15H18N4O/c1-2-19(11-12-6-8-17-9-7-12)15(20)18-14-5-3-4-13(16)10-14/h3-10H,2,11,16H2,1H3,(H,18,20). The number of urea groups is 1. The summed E-state index contributed by atoms with van der Waals surface area (Å²) in [5.41, 5.74) is 8.06. The van der Waals surface area contributed by atoms with Crippen molar-refractivity contribution in [1.82, 2.24) is 9.88 Å². The highest BCUT2D eigenvalue weighted by Crippen LogP contribution is 2.13. The Labute approximate surface area is 118 Å². The lowest BCUT2D eigenvalue weighted by atomic mass is 10.2. The van der Waals surface area contributed by atoms with Crippen LogP contribution in [0.25, 0.3) is 0 Å². The molecule has 0 bridgehead atoms. The van der Waals surface area contributed by atoms with Crippen LogP contribution < -0.4 is 11.1 Å². The average Bonchev–Trinajstić information content (AvgIpc) is 2.45. The molecule has 104 valence electrons. The van der Waals surface area contributed by atoms with Crippen LogP contribution in [0.4, 0.5) is 16.2 Å². The summed E-state index contributed by atoms with van der Waals surface area (Å²) in [6.07, 6.45) is 3.44. The Kier molecular flexibility index (Phi) is 4.55. The van der Waals surface area contributed by atoms with Gasteiger partial charge in [-0.1, -0.05) is 6.07 Å². The Morgan fingerprint density at radius 2 is 2.05 bits per heavy atom. The van der Waals surface area contributed by atoms with Crippen LogP contribution in [0.1, 0.15) is 12.5 Å². The van der Waals surface area contributed by atoms with Crippen LogP contribution in [0.5, 0.6) is 0 Å². The molecular formula is C15H18N4O. The molecule has 3 N–H and O–H groups in total. The predicted octanol–water partition coefficient (Wildman–Crippen LogP) is 2.72. The number of hydrogen-bond acceptors (Lipinski definition) is 3. The molecule has 0 aliphatic heterocycles. The highest BCUT2D eigenvalue weighted by Gasteiger charge is 2.12. The number of benzene rings is 1. The molecule has 1 aromatic carbocycles. The number of nitrogens with zero attached hydrogens (tertiary/aromatic N) is 2. The topological polar surface area (TPSA) is 71.2 Å². The maximum Gasteiger partial charge on any atom is 0.322 e. The Bertz CT molecular complexity index is 571. The summed E-state index contributed by atoms with van der Waals surface area (Å²) in [5.74, 6) is 0. The second kappa shape index (κ2) is 6.56. The van der Waals surface area contributed by atoms with Crippen molar-refractivity contribution in [2.45, 2.75) is 13.5 Å². The van der Waals surface area contributed by atoms with Crippen LogP contribution in [-0.2, 0) is 6.54 Å². The zero-order valence-corrected chi connectivity index (χ0v) is 11.4. The van der Waals surface area contributed by atoms with Crippen molar-refractivity contribution in [2.24, 2.45) is 0 Å². The number of nitrogen functional groups attached to an aromatic ring is 1. The van der Waals surface area contributed by atoms with Gasteiger partial charge >= 0.3 is 6.03 Å². The van der Waals surface area contributed by atoms with Crippen molar-refractivity contribution in [3.05, 3.63) is 54.4 Å². The molecule has 5 heteroatoms. The number of aromatic nitrogens is 1. The molecule has 2 aromatic rings. The summed E-state index contributed by atoms with van der Waals surface area (Å²) < 4.78 is 0. The second-order valence-electron chi connectivity index (χ2n) is 4.43. The van der Waals surface area contributed by atoms with Crippen molar-refractivity contribution < 1.29 is 4.79 Å². The van der Waals surface area contributed by atoms with E-state index >= 15 is 0 Å². The molecule has 1 aromatic heterocycles. The first kappa shape index (κ1) is 13.9. The zero-order valence-electron chi connectivity index (χ0n) is 11.4. The van der Waals surface area contributed by atoms with Crippen LogP contribution in [0.3, 0.4) is 0 Å². The number of hydrogen-bond donors (Lipinski definition) is 2. The molecule has 5 nitrogen and oxygen atoms in total. The van der Waals surface area contributed by atoms with E-state index in [0.717, 1.165) is 5.56 Å². The van der Waals surface area contributed by atoms with E-state index in [0.29, 0.717) is 24.5 Å². The van der Waals surface area contributed by atoms with Crippen LogP contribution >= 0.6 is 0 Å². The number of amides is 2. The quantitative estimate of drug-likeness (QED) is 0.839. The van der Waals surface area contributed by atoms with E-state index in [-0.39, 0.29) is 6.03 Å². The largest absolute Gasteiger partial charge is 0.399 e. The summed E-state index contributed by atoms with van der Waals surface area (Å²) in [6.45, 7) is 3.11. The first-order chi connectivity index (χ1) is 9.69. The molecule has 0 saturated heterocycles. The van der Waals surface area contributed by atoms with Gasteiger partial charge in [0.2, 0.25) is 0 Å². The summed E-state index contributed by atoms with van der Waals surface area (Å²) in [4.78, 5) is 17.9. The molecule has 2 rings (SSSR count). The highest BCUT2D eigenvalue weighted by atomic mass is 16.2. The fourth-order valence-electron chi connectivity index (χ4n) is 1.85. The minimum atomic E-state index is -0.144. The van der Waals surface area contributed by atoms with Crippen LogP contribution in [0.15, 0.2) is 48.8 Å². The van der Waals surface area contributed by atoms with E-state index in [4.69, 9.17) is 5.73 Å². The molecular weight excluding hydrogens is 252 g/mol. The molecule has 1 heterocycles. The Morgan fingerprint density at radius 1 is 1.30 bits per heavy atom.